The summed E-state index contributed by atoms with van der Waals surface area (Å²) in [4.78, 5) is 14.3. The number of carbonyl (C=O) groups excluding carboxylic acids is 1. The number of hydrogen-bond acceptors (Lipinski definition) is 4. The number of rotatable bonds is 4. The van der Waals surface area contributed by atoms with E-state index in [9.17, 15) is 4.79 Å². The van der Waals surface area contributed by atoms with Gasteiger partial charge in [-0.25, -0.2) is 0 Å². The summed E-state index contributed by atoms with van der Waals surface area (Å²) < 4.78 is 11.2. The maximum absolute atomic E-state index is 12.6. The third-order valence-corrected chi connectivity index (χ3v) is 4.60. The molecule has 0 aliphatic heterocycles. The van der Waals surface area contributed by atoms with E-state index >= 15 is 0 Å². The van der Waals surface area contributed by atoms with Crippen LogP contribution in [0.4, 0.5) is 0 Å². The molecule has 19 heavy (non-hydrogen) atoms. The second kappa shape index (κ2) is 5.75. The molecule has 0 saturated heterocycles. The molecule has 0 atom stereocenters. The molecule has 5 heteroatoms. The van der Waals surface area contributed by atoms with Gasteiger partial charge in [0.15, 0.2) is 0 Å². The molecular weight excluding hydrogens is 328 g/mol. The van der Waals surface area contributed by atoms with Crippen LogP contribution in [0, 0.1) is 6.92 Å². The van der Waals surface area contributed by atoms with Crippen LogP contribution in [0.25, 0.3) is 0 Å². The number of benzene rings is 1. The molecule has 0 unspecified atom stereocenters. The van der Waals surface area contributed by atoms with Gasteiger partial charge in [0.1, 0.15) is 11.5 Å². The standard InChI is InChI=1S/C14H13BrO3S/c1-8-6-11(15)14(19-8)13(16)10-7-9(17-2)4-5-12(10)18-3/h4-7H,1-3H3. The van der Waals surface area contributed by atoms with Crippen molar-refractivity contribution >= 4 is 33.0 Å². The fourth-order valence-corrected chi connectivity index (χ4v) is 3.53. The lowest BCUT2D eigenvalue weighted by Crippen LogP contribution is -2.03. The van der Waals surface area contributed by atoms with Crippen molar-refractivity contribution in [3.05, 3.63) is 44.1 Å². The molecule has 1 aromatic carbocycles. The Balaban J connectivity index is 2.51. The molecule has 100 valence electrons. The van der Waals surface area contributed by atoms with E-state index in [1.54, 1.807) is 32.4 Å². The van der Waals surface area contributed by atoms with Crippen molar-refractivity contribution in [3.63, 3.8) is 0 Å². The number of hydrogen-bond donors (Lipinski definition) is 0. The summed E-state index contributed by atoms with van der Waals surface area (Å²) in [6, 6.07) is 7.14. The molecule has 0 saturated carbocycles. The van der Waals surface area contributed by atoms with Crippen LogP contribution in [0.5, 0.6) is 11.5 Å². The zero-order chi connectivity index (χ0) is 14.0. The molecule has 0 aliphatic rings. The van der Waals surface area contributed by atoms with Gasteiger partial charge in [-0.3, -0.25) is 4.79 Å². The molecule has 0 fully saturated rings. The summed E-state index contributed by atoms with van der Waals surface area (Å²) in [5, 5.41) is 0. The van der Waals surface area contributed by atoms with Crippen LogP contribution >= 0.6 is 27.3 Å². The van der Waals surface area contributed by atoms with Gasteiger partial charge in [-0.2, -0.15) is 0 Å². The van der Waals surface area contributed by atoms with Gasteiger partial charge in [-0.05, 0) is 47.1 Å². The van der Waals surface area contributed by atoms with E-state index in [4.69, 9.17) is 9.47 Å². The average Bonchev–Trinajstić information content (AvgIpc) is 2.76. The molecule has 3 nitrogen and oxygen atoms in total. The lowest BCUT2D eigenvalue weighted by Gasteiger charge is -2.09. The van der Waals surface area contributed by atoms with Crippen LogP contribution < -0.4 is 9.47 Å². The summed E-state index contributed by atoms with van der Waals surface area (Å²) in [6.45, 7) is 1.97. The predicted molar refractivity (Wildman–Crippen MR) is 79.7 cm³/mol. The van der Waals surface area contributed by atoms with Crippen LogP contribution in [0.1, 0.15) is 20.1 Å². The normalized spacial score (nSPS) is 10.3. The molecule has 0 radical (unpaired) electrons. The Morgan fingerprint density at radius 1 is 1.21 bits per heavy atom. The van der Waals surface area contributed by atoms with Crippen LogP contribution in [-0.2, 0) is 0 Å². The van der Waals surface area contributed by atoms with Crippen molar-refractivity contribution in [2.45, 2.75) is 6.92 Å². The van der Waals surface area contributed by atoms with Crippen molar-refractivity contribution in [1.82, 2.24) is 0 Å². The number of carbonyl (C=O) groups is 1. The van der Waals surface area contributed by atoms with E-state index in [1.165, 1.54) is 11.3 Å². The average molecular weight is 341 g/mol. The first-order chi connectivity index (χ1) is 9.06. The van der Waals surface area contributed by atoms with Gasteiger partial charge in [-0.15, -0.1) is 11.3 Å². The Bertz CT molecular complexity index is 619. The highest BCUT2D eigenvalue weighted by molar-refractivity contribution is 9.10. The summed E-state index contributed by atoms with van der Waals surface area (Å²) in [5.74, 6) is 1.11. The van der Waals surface area contributed by atoms with Gasteiger partial charge in [0.25, 0.3) is 0 Å². The third kappa shape index (κ3) is 2.82. The lowest BCUT2D eigenvalue weighted by atomic mass is 10.1. The van der Waals surface area contributed by atoms with Crippen LogP contribution in [0.3, 0.4) is 0 Å². The van der Waals surface area contributed by atoms with Crippen molar-refractivity contribution in [2.24, 2.45) is 0 Å². The van der Waals surface area contributed by atoms with E-state index < -0.39 is 0 Å². The topological polar surface area (TPSA) is 35.5 Å². The summed E-state index contributed by atoms with van der Waals surface area (Å²) in [7, 11) is 3.12. The highest BCUT2D eigenvalue weighted by Crippen LogP contribution is 2.33. The van der Waals surface area contributed by atoms with Gasteiger partial charge < -0.3 is 9.47 Å². The zero-order valence-electron chi connectivity index (χ0n) is 10.8. The molecule has 0 bridgehead atoms. The zero-order valence-corrected chi connectivity index (χ0v) is 13.2. The molecular formula is C14H13BrO3S. The smallest absolute Gasteiger partial charge is 0.207 e. The molecule has 0 aliphatic carbocycles. The van der Waals surface area contributed by atoms with Crippen molar-refractivity contribution < 1.29 is 14.3 Å². The second-order valence-electron chi connectivity index (χ2n) is 3.93. The number of ketones is 1. The molecule has 0 amide bonds. The summed E-state index contributed by atoms with van der Waals surface area (Å²) in [5.41, 5.74) is 0.504. The molecule has 0 N–H and O–H groups in total. The Labute approximate surface area is 124 Å². The minimum Gasteiger partial charge on any atom is -0.497 e. The third-order valence-electron chi connectivity index (χ3n) is 2.67. The molecule has 0 spiro atoms. The van der Waals surface area contributed by atoms with Crippen LogP contribution in [-0.4, -0.2) is 20.0 Å². The number of halogens is 1. The van der Waals surface area contributed by atoms with E-state index in [0.717, 1.165) is 9.35 Å². The fraction of sp³-hybridized carbons (Fsp3) is 0.214. The number of ether oxygens (including phenoxy) is 2. The van der Waals surface area contributed by atoms with Crippen molar-refractivity contribution in [2.75, 3.05) is 14.2 Å². The van der Waals surface area contributed by atoms with Crippen molar-refractivity contribution in [1.29, 1.82) is 0 Å². The largest absolute Gasteiger partial charge is 0.497 e. The van der Waals surface area contributed by atoms with Crippen LogP contribution in [0.2, 0.25) is 0 Å². The van der Waals surface area contributed by atoms with Crippen LogP contribution in [0.15, 0.2) is 28.7 Å². The summed E-state index contributed by atoms with van der Waals surface area (Å²) >= 11 is 4.87. The molecule has 1 heterocycles. The van der Waals surface area contributed by atoms with Gasteiger partial charge in [0, 0.05) is 9.35 Å². The lowest BCUT2D eigenvalue weighted by molar-refractivity contribution is 0.103. The van der Waals surface area contributed by atoms with Gasteiger partial charge in [-0.1, -0.05) is 0 Å². The second-order valence-corrected chi connectivity index (χ2v) is 6.04. The van der Waals surface area contributed by atoms with Gasteiger partial charge in [0.05, 0.1) is 24.7 Å². The minimum atomic E-state index is -0.0688. The maximum atomic E-state index is 12.6. The molecule has 2 rings (SSSR count). The maximum Gasteiger partial charge on any atom is 0.207 e. The van der Waals surface area contributed by atoms with E-state index in [1.807, 2.05) is 13.0 Å². The fourth-order valence-electron chi connectivity index (χ4n) is 1.75. The van der Waals surface area contributed by atoms with E-state index in [2.05, 4.69) is 15.9 Å². The minimum absolute atomic E-state index is 0.0688. The number of methoxy groups -OCH3 is 2. The molecule has 2 aromatic rings. The van der Waals surface area contributed by atoms with E-state index in [-0.39, 0.29) is 5.78 Å². The highest BCUT2D eigenvalue weighted by atomic mass is 79.9. The van der Waals surface area contributed by atoms with Gasteiger partial charge in [0.2, 0.25) is 5.78 Å². The van der Waals surface area contributed by atoms with Crippen molar-refractivity contribution in [3.8, 4) is 11.5 Å². The summed E-state index contributed by atoms with van der Waals surface area (Å²) in [6.07, 6.45) is 0. The first-order valence-corrected chi connectivity index (χ1v) is 7.20. The van der Waals surface area contributed by atoms with Gasteiger partial charge >= 0.3 is 0 Å². The molecule has 1 aromatic heterocycles. The number of thiophene rings is 1. The Morgan fingerprint density at radius 3 is 2.47 bits per heavy atom. The first-order valence-electron chi connectivity index (χ1n) is 5.59. The Hall–Kier alpha value is -1.33. The monoisotopic (exact) mass is 340 g/mol. The Kier molecular flexibility index (Phi) is 4.27. The quantitative estimate of drug-likeness (QED) is 0.787. The first kappa shape index (κ1) is 14.1. The van der Waals surface area contributed by atoms with E-state index in [0.29, 0.717) is 21.9 Å². The SMILES string of the molecule is COc1ccc(OC)c(C(=O)c2sc(C)cc2Br)c1. The highest BCUT2D eigenvalue weighted by Gasteiger charge is 2.20. The predicted octanol–water partition coefficient (Wildman–Crippen LogP) is 4.07. The number of aryl methyl sites for hydroxylation is 1. The Morgan fingerprint density at radius 2 is 1.95 bits per heavy atom.